The van der Waals surface area contributed by atoms with Gasteiger partial charge in [-0.25, -0.2) is 0 Å². The Balaban J connectivity index is 2.32. The van der Waals surface area contributed by atoms with E-state index in [1.807, 2.05) is 0 Å². The summed E-state index contributed by atoms with van der Waals surface area (Å²) in [5.74, 6) is 0. The number of nitrogens with zero attached hydrogens (tertiary/aromatic N) is 1. The van der Waals surface area contributed by atoms with E-state index in [2.05, 4.69) is 5.32 Å². The van der Waals surface area contributed by atoms with Crippen molar-refractivity contribution >= 4 is 17.1 Å². The number of hydrogen-bond donors (Lipinski definition) is 3. The summed E-state index contributed by atoms with van der Waals surface area (Å²) in [7, 11) is 0. The van der Waals surface area contributed by atoms with Gasteiger partial charge in [0.1, 0.15) is 11.4 Å². The summed E-state index contributed by atoms with van der Waals surface area (Å²) in [6.07, 6.45) is 2.65. The Labute approximate surface area is 98.6 Å². The minimum Gasteiger partial charge on any atom is -0.394 e. The van der Waals surface area contributed by atoms with Gasteiger partial charge in [0.05, 0.1) is 17.1 Å². The molecule has 1 aliphatic carbocycles. The lowest BCUT2D eigenvalue weighted by atomic mass is 9.77. The Hall–Kier alpha value is -1.82. The molecule has 1 fully saturated rings. The molecule has 17 heavy (non-hydrogen) atoms. The minimum absolute atomic E-state index is 0.0288. The van der Waals surface area contributed by atoms with E-state index in [0.717, 1.165) is 19.3 Å². The van der Waals surface area contributed by atoms with E-state index >= 15 is 0 Å². The zero-order chi connectivity index (χ0) is 12.5. The van der Waals surface area contributed by atoms with E-state index in [9.17, 15) is 15.2 Å². The molecule has 92 valence electrons. The maximum Gasteiger partial charge on any atom is 0.314 e. The second-order valence-electron chi connectivity index (χ2n) is 4.42. The van der Waals surface area contributed by atoms with Crippen LogP contribution in [0.4, 0.5) is 17.1 Å². The van der Waals surface area contributed by atoms with Crippen LogP contribution in [0.3, 0.4) is 0 Å². The molecule has 0 spiro atoms. The molecule has 0 unspecified atom stereocenters. The molecule has 0 radical (unpaired) electrons. The highest BCUT2D eigenvalue weighted by Gasteiger charge is 2.37. The molecule has 2 rings (SSSR count). The Kier molecular flexibility index (Phi) is 2.89. The topological polar surface area (TPSA) is 101 Å². The Morgan fingerprint density at radius 3 is 2.71 bits per heavy atom. The summed E-state index contributed by atoms with van der Waals surface area (Å²) >= 11 is 0. The standard InChI is InChI=1S/C11H15N3O3/c12-8-3-1-4-9(10(8)14(16)17)13-11(7-15)5-2-6-11/h1,3-4,13,15H,2,5-7,12H2. The average molecular weight is 237 g/mol. The van der Waals surface area contributed by atoms with Crippen molar-refractivity contribution in [1.82, 2.24) is 0 Å². The van der Waals surface area contributed by atoms with Crippen molar-refractivity contribution in [3.63, 3.8) is 0 Å². The van der Waals surface area contributed by atoms with Gasteiger partial charge >= 0.3 is 5.69 Å². The minimum atomic E-state index is -0.499. The molecule has 0 aliphatic heterocycles. The van der Waals surface area contributed by atoms with Crippen LogP contribution in [0.1, 0.15) is 19.3 Å². The highest BCUT2D eigenvalue weighted by Crippen LogP contribution is 2.39. The van der Waals surface area contributed by atoms with Gasteiger partial charge < -0.3 is 16.2 Å². The summed E-state index contributed by atoms with van der Waals surface area (Å²) in [5.41, 5.74) is 5.57. The molecular weight excluding hydrogens is 222 g/mol. The van der Waals surface area contributed by atoms with Crippen molar-refractivity contribution in [3.8, 4) is 0 Å². The van der Waals surface area contributed by atoms with Crippen molar-refractivity contribution in [2.75, 3.05) is 17.7 Å². The molecule has 1 saturated carbocycles. The maximum absolute atomic E-state index is 10.9. The van der Waals surface area contributed by atoms with Crippen molar-refractivity contribution in [2.24, 2.45) is 0 Å². The number of nitrogens with two attached hydrogens (primary N) is 1. The van der Waals surface area contributed by atoms with Gasteiger partial charge in [-0.1, -0.05) is 6.07 Å². The molecule has 1 aliphatic rings. The van der Waals surface area contributed by atoms with Gasteiger partial charge in [0.25, 0.3) is 0 Å². The normalized spacial score (nSPS) is 17.2. The van der Waals surface area contributed by atoms with Gasteiger partial charge in [-0.05, 0) is 31.4 Å². The average Bonchev–Trinajstić information content (AvgIpc) is 2.23. The first kappa shape index (κ1) is 11.7. The number of aliphatic hydroxyl groups is 1. The van der Waals surface area contributed by atoms with E-state index in [-0.39, 0.29) is 18.0 Å². The van der Waals surface area contributed by atoms with Crippen molar-refractivity contribution < 1.29 is 10.0 Å². The number of nitro benzene ring substituents is 1. The number of nitrogen functional groups attached to an aromatic ring is 1. The number of para-hydroxylation sites is 1. The van der Waals surface area contributed by atoms with Gasteiger partial charge in [0.15, 0.2) is 0 Å². The van der Waals surface area contributed by atoms with Crippen LogP contribution in [0.5, 0.6) is 0 Å². The third-order valence-electron chi connectivity index (χ3n) is 3.26. The number of anilines is 2. The molecule has 0 bridgehead atoms. The number of hydrogen-bond acceptors (Lipinski definition) is 5. The van der Waals surface area contributed by atoms with Crippen LogP contribution in [0.25, 0.3) is 0 Å². The lowest BCUT2D eigenvalue weighted by Crippen LogP contribution is -2.48. The molecule has 0 atom stereocenters. The van der Waals surface area contributed by atoms with Gasteiger partial charge in [0, 0.05) is 0 Å². The monoisotopic (exact) mass is 237 g/mol. The van der Waals surface area contributed by atoms with Crippen molar-refractivity contribution in [3.05, 3.63) is 28.3 Å². The number of benzene rings is 1. The Morgan fingerprint density at radius 1 is 1.53 bits per heavy atom. The van der Waals surface area contributed by atoms with Gasteiger partial charge in [-0.3, -0.25) is 10.1 Å². The molecule has 0 heterocycles. The van der Waals surface area contributed by atoms with E-state index < -0.39 is 10.5 Å². The van der Waals surface area contributed by atoms with Gasteiger partial charge in [-0.15, -0.1) is 0 Å². The summed E-state index contributed by atoms with van der Waals surface area (Å²) in [6.45, 7) is -0.0288. The largest absolute Gasteiger partial charge is 0.394 e. The Bertz CT molecular complexity index is 438. The zero-order valence-electron chi connectivity index (χ0n) is 9.35. The number of nitrogens with one attached hydrogen (secondary N) is 1. The second-order valence-corrected chi connectivity index (χ2v) is 4.42. The van der Waals surface area contributed by atoms with Crippen LogP contribution in [0, 0.1) is 10.1 Å². The fourth-order valence-corrected chi connectivity index (χ4v) is 2.08. The molecule has 0 amide bonds. The first-order chi connectivity index (χ1) is 8.08. The van der Waals surface area contributed by atoms with Gasteiger partial charge in [-0.2, -0.15) is 0 Å². The second kappa shape index (κ2) is 4.21. The van der Waals surface area contributed by atoms with E-state index in [0.29, 0.717) is 5.69 Å². The summed E-state index contributed by atoms with van der Waals surface area (Å²) in [4.78, 5) is 10.4. The van der Waals surface area contributed by atoms with Crippen molar-refractivity contribution in [2.45, 2.75) is 24.8 Å². The number of aliphatic hydroxyl groups excluding tert-OH is 1. The fraction of sp³-hybridized carbons (Fsp3) is 0.455. The molecule has 1 aromatic carbocycles. The Morgan fingerprint density at radius 2 is 2.24 bits per heavy atom. The molecular formula is C11H15N3O3. The number of rotatable bonds is 4. The molecule has 0 aromatic heterocycles. The zero-order valence-corrected chi connectivity index (χ0v) is 9.35. The van der Waals surface area contributed by atoms with Crippen molar-refractivity contribution in [1.29, 1.82) is 0 Å². The lowest BCUT2D eigenvalue weighted by molar-refractivity contribution is -0.383. The first-order valence-corrected chi connectivity index (χ1v) is 5.50. The molecule has 6 nitrogen and oxygen atoms in total. The van der Waals surface area contributed by atoms with Crippen LogP contribution in [0.2, 0.25) is 0 Å². The third kappa shape index (κ3) is 2.03. The quantitative estimate of drug-likeness (QED) is 0.418. The molecule has 1 aromatic rings. The van der Waals surface area contributed by atoms with Crippen LogP contribution in [-0.4, -0.2) is 22.2 Å². The highest BCUT2D eigenvalue weighted by atomic mass is 16.6. The highest BCUT2D eigenvalue weighted by molar-refractivity contribution is 5.75. The van der Waals surface area contributed by atoms with E-state index in [1.165, 1.54) is 6.07 Å². The third-order valence-corrected chi connectivity index (χ3v) is 3.26. The van der Waals surface area contributed by atoms with Crippen LogP contribution in [0.15, 0.2) is 18.2 Å². The summed E-state index contributed by atoms with van der Waals surface area (Å²) in [6, 6.07) is 4.77. The lowest BCUT2D eigenvalue weighted by Gasteiger charge is -2.41. The van der Waals surface area contributed by atoms with Crippen LogP contribution < -0.4 is 11.1 Å². The predicted molar refractivity (Wildman–Crippen MR) is 64.8 cm³/mol. The molecule has 4 N–H and O–H groups in total. The fourth-order valence-electron chi connectivity index (χ4n) is 2.08. The van der Waals surface area contributed by atoms with Gasteiger partial charge in [0.2, 0.25) is 0 Å². The summed E-state index contributed by atoms with van der Waals surface area (Å²) < 4.78 is 0. The summed E-state index contributed by atoms with van der Waals surface area (Å²) in [5, 5.41) is 23.3. The number of nitro groups is 1. The first-order valence-electron chi connectivity index (χ1n) is 5.50. The van der Waals surface area contributed by atoms with E-state index in [1.54, 1.807) is 12.1 Å². The van der Waals surface area contributed by atoms with Crippen LogP contribution in [-0.2, 0) is 0 Å². The molecule has 6 heteroatoms. The van der Waals surface area contributed by atoms with Crippen LogP contribution >= 0.6 is 0 Å². The maximum atomic E-state index is 10.9. The molecule has 0 saturated heterocycles. The predicted octanol–water partition coefficient (Wildman–Crippen LogP) is 1.50. The SMILES string of the molecule is Nc1cccc(NC2(CO)CCC2)c1[N+](=O)[O-]. The van der Waals surface area contributed by atoms with E-state index in [4.69, 9.17) is 5.73 Å². The smallest absolute Gasteiger partial charge is 0.314 e.